The van der Waals surface area contributed by atoms with Crippen molar-refractivity contribution in [2.24, 2.45) is 0 Å². The second-order valence-electron chi connectivity index (χ2n) is 6.80. The van der Waals surface area contributed by atoms with Gasteiger partial charge in [0, 0.05) is 37.0 Å². The Balaban J connectivity index is 1.49. The number of morpholine rings is 1. The van der Waals surface area contributed by atoms with Crippen LogP contribution in [0.4, 0.5) is 5.82 Å². The Morgan fingerprint density at radius 2 is 1.96 bits per heavy atom. The molecule has 0 radical (unpaired) electrons. The van der Waals surface area contributed by atoms with Crippen LogP contribution in [0.1, 0.15) is 20.8 Å². The van der Waals surface area contributed by atoms with Crippen LogP contribution in [0.5, 0.6) is 0 Å². The van der Waals surface area contributed by atoms with Crippen LogP contribution >= 0.6 is 11.3 Å². The van der Waals surface area contributed by atoms with Gasteiger partial charge in [-0.05, 0) is 30.0 Å². The van der Waals surface area contributed by atoms with Gasteiger partial charge in [0.15, 0.2) is 0 Å². The number of hydrogen-bond acceptors (Lipinski definition) is 5. The van der Waals surface area contributed by atoms with E-state index < -0.39 is 0 Å². The van der Waals surface area contributed by atoms with Gasteiger partial charge in [-0.3, -0.25) is 4.79 Å². The molecule has 0 atom stereocenters. The van der Waals surface area contributed by atoms with Gasteiger partial charge >= 0.3 is 0 Å². The second-order valence-corrected chi connectivity index (χ2v) is 7.71. The first kappa shape index (κ1) is 18.7. The lowest BCUT2D eigenvalue weighted by Crippen LogP contribution is -2.37. The van der Waals surface area contributed by atoms with E-state index in [9.17, 15) is 4.79 Å². The van der Waals surface area contributed by atoms with Gasteiger partial charge in [-0.2, -0.15) is 0 Å². The molecule has 3 heterocycles. The molecule has 0 saturated carbocycles. The fourth-order valence-corrected chi connectivity index (χ4v) is 4.16. The summed E-state index contributed by atoms with van der Waals surface area (Å²) in [4.78, 5) is 20.4. The highest BCUT2D eigenvalue weighted by molar-refractivity contribution is 7.12. The van der Waals surface area contributed by atoms with Crippen molar-refractivity contribution in [3.8, 4) is 11.1 Å². The third-order valence-electron chi connectivity index (χ3n) is 4.85. The van der Waals surface area contributed by atoms with E-state index in [1.54, 1.807) is 6.20 Å². The molecule has 0 bridgehead atoms. The molecule has 144 valence electrons. The number of benzene rings is 1. The Labute approximate surface area is 169 Å². The minimum Gasteiger partial charge on any atom is -0.378 e. The number of aryl methyl sites for hydroxylation is 1. The molecule has 1 aliphatic rings. The lowest BCUT2D eigenvalue weighted by atomic mass is 10.0. The summed E-state index contributed by atoms with van der Waals surface area (Å²) in [6.45, 7) is 5.56. The van der Waals surface area contributed by atoms with Crippen LogP contribution in [0.15, 0.2) is 54.0 Å². The maximum atomic E-state index is 12.9. The number of pyridine rings is 1. The van der Waals surface area contributed by atoms with Gasteiger partial charge in [-0.25, -0.2) is 4.98 Å². The number of hydrogen-bond donors (Lipinski definition) is 1. The maximum Gasteiger partial charge on any atom is 0.262 e. The molecular weight excluding hydrogens is 370 g/mol. The molecule has 1 fully saturated rings. The quantitative estimate of drug-likeness (QED) is 0.715. The van der Waals surface area contributed by atoms with E-state index in [0.717, 1.165) is 40.5 Å². The summed E-state index contributed by atoms with van der Waals surface area (Å²) in [6.07, 6.45) is 1.80. The first-order valence-electron chi connectivity index (χ1n) is 9.41. The predicted molar refractivity (Wildman–Crippen MR) is 113 cm³/mol. The molecule has 1 aromatic carbocycles. The molecule has 1 amide bonds. The second kappa shape index (κ2) is 8.54. The predicted octanol–water partition coefficient (Wildman–Crippen LogP) is 3.89. The highest BCUT2D eigenvalue weighted by Gasteiger charge is 2.18. The molecule has 0 spiro atoms. The van der Waals surface area contributed by atoms with E-state index in [0.29, 0.717) is 19.8 Å². The van der Waals surface area contributed by atoms with Crippen LogP contribution < -0.4 is 10.2 Å². The molecule has 6 heteroatoms. The number of rotatable bonds is 5. The van der Waals surface area contributed by atoms with Crippen LogP contribution in [0.25, 0.3) is 11.1 Å². The van der Waals surface area contributed by atoms with Crippen molar-refractivity contribution in [3.05, 3.63) is 70.0 Å². The zero-order valence-corrected chi connectivity index (χ0v) is 16.7. The largest absolute Gasteiger partial charge is 0.378 e. The monoisotopic (exact) mass is 393 g/mol. The zero-order valence-electron chi connectivity index (χ0n) is 15.9. The molecule has 1 saturated heterocycles. The smallest absolute Gasteiger partial charge is 0.262 e. The zero-order chi connectivity index (χ0) is 19.3. The summed E-state index contributed by atoms with van der Waals surface area (Å²) < 4.78 is 5.43. The third-order valence-corrected chi connectivity index (χ3v) is 5.76. The summed E-state index contributed by atoms with van der Waals surface area (Å²) in [7, 11) is 0. The molecule has 0 aliphatic carbocycles. The Hall–Kier alpha value is -2.70. The van der Waals surface area contributed by atoms with Gasteiger partial charge in [0.1, 0.15) is 5.82 Å². The van der Waals surface area contributed by atoms with Crippen LogP contribution in [-0.4, -0.2) is 37.2 Å². The molecular formula is C22H23N3O2S. The molecule has 1 aliphatic heterocycles. The first-order chi connectivity index (χ1) is 13.7. The topological polar surface area (TPSA) is 54.5 Å². The standard InChI is InChI=1S/C22H23N3O2S/c1-16-4-6-17(7-5-16)19-8-14-28-20(19)22(26)24-15-18-3-2-9-23-21(18)25-10-12-27-13-11-25/h2-9,14H,10-13,15H2,1H3,(H,24,26). The Morgan fingerprint density at radius 1 is 1.18 bits per heavy atom. The summed E-state index contributed by atoms with van der Waals surface area (Å²) in [5.74, 6) is 0.874. The lowest BCUT2D eigenvalue weighted by Gasteiger charge is -2.29. The highest BCUT2D eigenvalue weighted by atomic mass is 32.1. The number of nitrogens with one attached hydrogen (secondary N) is 1. The van der Waals surface area contributed by atoms with Crippen LogP contribution in [-0.2, 0) is 11.3 Å². The van der Waals surface area contributed by atoms with Gasteiger partial charge in [0.05, 0.1) is 18.1 Å². The molecule has 0 unspecified atom stereocenters. The Kier molecular flexibility index (Phi) is 5.69. The maximum absolute atomic E-state index is 12.9. The van der Waals surface area contributed by atoms with Gasteiger partial charge < -0.3 is 15.0 Å². The van der Waals surface area contributed by atoms with Crippen molar-refractivity contribution in [1.82, 2.24) is 10.3 Å². The normalized spacial score (nSPS) is 14.1. The summed E-state index contributed by atoms with van der Waals surface area (Å²) in [5, 5.41) is 5.04. The van der Waals surface area contributed by atoms with Crippen molar-refractivity contribution < 1.29 is 9.53 Å². The number of carbonyl (C=O) groups excluding carboxylic acids is 1. The molecule has 3 aromatic rings. The Morgan fingerprint density at radius 3 is 2.75 bits per heavy atom. The van der Waals surface area contributed by atoms with Crippen molar-refractivity contribution >= 4 is 23.1 Å². The van der Waals surface area contributed by atoms with Crippen molar-refractivity contribution in [1.29, 1.82) is 0 Å². The van der Waals surface area contributed by atoms with Crippen molar-refractivity contribution in [3.63, 3.8) is 0 Å². The summed E-state index contributed by atoms with van der Waals surface area (Å²) in [5.41, 5.74) is 4.26. The van der Waals surface area contributed by atoms with E-state index in [-0.39, 0.29) is 5.91 Å². The SMILES string of the molecule is Cc1ccc(-c2ccsc2C(=O)NCc2cccnc2N2CCOCC2)cc1. The fraction of sp³-hybridized carbons (Fsp3) is 0.273. The molecule has 4 rings (SSSR count). The number of anilines is 1. The van der Waals surface area contributed by atoms with E-state index >= 15 is 0 Å². The lowest BCUT2D eigenvalue weighted by molar-refractivity contribution is 0.0955. The van der Waals surface area contributed by atoms with Crippen LogP contribution in [0.2, 0.25) is 0 Å². The average Bonchev–Trinajstić information content (AvgIpc) is 3.23. The van der Waals surface area contributed by atoms with Gasteiger partial charge in [-0.15, -0.1) is 11.3 Å². The highest BCUT2D eigenvalue weighted by Crippen LogP contribution is 2.29. The van der Waals surface area contributed by atoms with Crippen LogP contribution in [0.3, 0.4) is 0 Å². The minimum atomic E-state index is -0.0534. The molecule has 28 heavy (non-hydrogen) atoms. The summed E-state index contributed by atoms with van der Waals surface area (Å²) >= 11 is 1.47. The van der Waals surface area contributed by atoms with Crippen molar-refractivity contribution in [2.45, 2.75) is 13.5 Å². The minimum absolute atomic E-state index is 0.0534. The molecule has 5 nitrogen and oxygen atoms in total. The Bertz CT molecular complexity index is 946. The molecule has 2 aromatic heterocycles. The van der Waals surface area contributed by atoms with Gasteiger partial charge in [0.2, 0.25) is 0 Å². The fourth-order valence-electron chi connectivity index (χ4n) is 3.33. The number of nitrogens with zero attached hydrogens (tertiary/aromatic N) is 2. The van der Waals surface area contributed by atoms with E-state index in [1.165, 1.54) is 16.9 Å². The number of amides is 1. The first-order valence-corrected chi connectivity index (χ1v) is 10.3. The molecule has 1 N–H and O–H groups in total. The average molecular weight is 394 g/mol. The van der Waals surface area contributed by atoms with E-state index in [4.69, 9.17) is 4.74 Å². The van der Waals surface area contributed by atoms with Gasteiger partial charge in [-0.1, -0.05) is 35.9 Å². The van der Waals surface area contributed by atoms with E-state index in [2.05, 4.69) is 46.4 Å². The number of thiophene rings is 1. The number of aromatic nitrogens is 1. The number of ether oxygens (including phenoxy) is 1. The third kappa shape index (κ3) is 4.08. The van der Waals surface area contributed by atoms with Crippen molar-refractivity contribution in [2.75, 3.05) is 31.2 Å². The number of carbonyl (C=O) groups is 1. The summed E-state index contributed by atoms with van der Waals surface area (Å²) in [6, 6.07) is 14.2. The van der Waals surface area contributed by atoms with E-state index in [1.807, 2.05) is 23.6 Å². The van der Waals surface area contributed by atoms with Gasteiger partial charge in [0.25, 0.3) is 5.91 Å². The van der Waals surface area contributed by atoms with Crippen LogP contribution in [0, 0.1) is 6.92 Å².